The maximum absolute atomic E-state index is 12.3. The number of aromatic nitrogens is 2. The van der Waals surface area contributed by atoms with Crippen molar-refractivity contribution in [1.29, 1.82) is 0 Å². The monoisotopic (exact) mass is 289 g/mol. The van der Waals surface area contributed by atoms with Gasteiger partial charge in [-0.2, -0.15) is 18.2 Å². The zero-order valence-electron chi connectivity index (χ0n) is 9.14. The molecule has 1 aromatic rings. The summed E-state index contributed by atoms with van der Waals surface area (Å²) in [7, 11) is 0. The van der Waals surface area contributed by atoms with Gasteiger partial charge in [0.1, 0.15) is 0 Å². The van der Waals surface area contributed by atoms with E-state index >= 15 is 0 Å². The average molecular weight is 289 g/mol. The van der Waals surface area contributed by atoms with Crippen molar-refractivity contribution in [3.63, 3.8) is 0 Å². The number of allylic oxidation sites excluding steroid dienone is 3. The third-order valence-electron chi connectivity index (χ3n) is 2.31. The molecule has 0 aliphatic heterocycles. The first-order chi connectivity index (χ1) is 8.79. The van der Waals surface area contributed by atoms with Gasteiger partial charge in [-0.25, -0.2) is 0 Å². The third kappa shape index (κ3) is 2.70. The van der Waals surface area contributed by atoms with Gasteiger partial charge in [-0.1, -0.05) is 29.5 Å². The molecule has 0 saturated carbocycles. The third-order valence-corrected chi connectivity index (χ3v) is 2.68. The van der Waals surface area contributed by atoms with E-state index in [1.54, 1.807) is 0 Å². The second kappa shape index (κ2) is 4.57. The molecule has 0 radical (unpaired) electrons. The Morgan fingerprint density at radius 2 is 2.16 bits per heavy atom. The Morgan fingerprint density at radius 3 is 2.63 bits per heavy atom. The SMILES string of the molecule is NC(=O)C1C=CC(c2noc(C(F)(F)F)n2)=CC1=S. The summed E-state index contributed by atoms with van der Waals surface area (Å²) in [5, 5.41) is 3.21. The molecule has 1 aromatic heterocycles. The van der Waals surface area contributed by atoms with Crippen molar-refractivity contribution < 1.29 is 22.5 Å². The Labute approximate surface area is 110 Å². The summed E-state index contributed by atoms with van der Waals surface area (Å²) in [6, 6.07) is 0. The van der Waals surface area contributed by atoms with Crippen LogP contribution in [0.3, 0.4) is 0 Å². The fourth-order valence-corrected chi connectivity index (χ4v) is 1.74. The number of hydrogen-bond donors (Lipinski definition) is 1. The maximum Gasteiger partial charge on any atom is 0.471 e. The molecule has 1 aliphatic rings. The highest BCUT2D eigenvalue weighted by molar-refractivity contribution is 7.80. The fourth-order valence-electron chi connectivity index (χ4n) is 1.42. The van der Waals surface area contributed by atoms with E-state index in [0.29, 0.717) is 0 Å². The second-order valence-electron chi connectivity index (χ2n) is 3.66. The fraction of sp³-hybridized carbons (Fsp3) is 0.200. The Hall–Kier alpha value is -2.03. The molecule has 5 nitrogen and oxygen atoms in total. The second-order valence-corrected chi connectivity index (χ2v) is 4.13. The minimum Gasteiger partial charge on any atom is -0.369 e. The summed E-state index contributed by atoms with van der Waals surface area (Å²) in [5.41, 5.74) is 5.32. The van der Waals surface area contributed by atoms with E-state index in [2.05, 4.69) is 14.7 Å². The molecule has 1 unspecified atom stereocenters. The van der Waals surface area contributed by atoms with Crippen LogP contribution in [0.25, 0.3) is 5.57 Å². The van der Waals surface area contributed by atoms with Gasteiger partial charge in [0.2, 0.25) is 11.7 Å². The predicted octanol–water partition coefficient (Wildman–Crippen LogP) is 1.51. The summed E-state index contributed by atoms with van der Waals surface area (Å²) in [6.45, 7) is 0. The number of halogens is 3. The van der Waals surface area contributed by atoms with Gasteiger partial charge in [-0.05, 0) is 6.08 Å². The van der Waals surface area contributed by atoms with E-state index in [1.807, 2.05) is 0 Å². The summed E-state index contributed by atoms with van der Waals surface area (Å²) in [5.74, 6) is -3.10. The number of carbonyl (C=O) groups is 1. The molecular formula is C10H6F3N3O2S. The van der Waals surface area contributed by atoms with Crippen molar-refractivity contribution in [2.24, 2.45) is 11.7 Å². The van der Waals surface area contributed by atoms with E-state index < -0.39 is 23.9 Å². The van der Waals surface area contributed by atoms with Crippen molar-refractivity contribution in [2.75, 3.05) is 0 Å². The number of alkyl halides is 3. The summed E-state index contributed by atoms with van der Waals surface area (Å²) >= 11 is 4.92. The summed E-state index contributed by atoms with van der Waals surface area (Å²) < 4.78 is 41.0. The van der Waals surface area contributed by atoms with Crippen LogP contribution >= 0.6 is 12.2 Å². The van der Waals surface area contributed by atoms with Crippen LogP contribution in [0.5, 0.6) is 0 Å². The Bertz CT molecular complexity index is 603. The molecule has 1 aliphatic carbocycles. The maximum atomic E-state index is 12.3. The number of carbonyl (C=O) groups excluding carboxylic acids is 1. The number of rotatable bonds is 2. The Kier molecular flexibility index (Phi) is 3.23. The standard InChI is InChI=1S/C10H6F3N3O2S/c11-10(12,13)9-15-8(16-18-9)4-1-2-5(7(14)17)6(19)3-4/h1-3,5H,(H2,14,17). The molecule has 2 rings (SSSR count). The minimum absolute atomic E-state index is 0.184. The first kappa shape index (κ1) is 13.4. The van der Waals surface area contributed by atoms with Crippen molar-refractivity contribution in [3.8, 4) is 0 Å². The topological polar surface area (TPSA) is 82.0 Å². The average Bonchev–Trinajstić information content (AvgIpc) is 2.76. The van der Waals surface area contributed by atoms with Gasteiger partial charge < -0.3 is 10.3 Å². The van der Waals surface area contributed by atoms with Gasteiger partial charge >= 0.3 is 12.1 Å². The molecular weight excluding hydrogens is 283 g/mol. The molecule has 1 heterocycles. The first-order valence-electron chi connectivity index (χ1n) is 4.93. The van der Waals surface area contributed by atoms with Crippen LogP contribution in [0.1, 0.15) is 11.7 Å². The molecule has 0 fully saturated rings. The Balaban J connectivity index is 2.28. The van der Waals surface area contributed by atoms with Gasteiger partial charge in [0.25, 0.3) is 0 Å². The highest BCUT2D eigenvalue weighted by atomic mass is 32.1. The van der Waals surface area contributed by atoms with Crippen LogP contribution in [0.15, 0.2) is 22.8 Å². The minimum atomic E-state index is -4.71. The lowest BCUT2D eigenvalue weighted by Gasteiger charge is -2.12. The molecule has 100 valence electrons. The number of amides is 1. The molecule has 1 amide bonds. The predicted molar refractivity (Wildman–Crippen MR) is 61.7 cm³/mol. The molecule has 9 heteroatoms. The van der Waals surface area contributed by atoms with Gasteiger partial charge in [-0.3, -0.25) is 4.79 Å². The number of nitrogens with zero attached hydrogens (tertiary/aromatic N) is 2. The van der Waals surface area contributed by atoms with E-state index in [9.17, 15) is 18.0 Å². The summed E-state index contributed by atoms with van der Waals surface area (Å²) in [4.78, 5) is 14.4. The lowest BCUT2D eigenvalue weighted by molar-refractivity contribution is -0.159. The van der Waals surface area contributed by atoms with Crippen molar-refractivity contribution in [3.05, 3.63) is 29.9 Å². The smallest absolute Gasteiger partial charge is 0.369 e. The number of primary amides is 1. The zero-order valence-corrected chi connectivity index (χ0v) is 9.96. The first-order valence-corrected chi connectivity index (χ1v) is 5.34. The summed E-state index contributed by atoms with van der Waals surface area (Å²) in [6.07, 6.45) is -0.643. The van der Waals surface area contributed by atoms with Crippen molar-refractivity contribution in [2.45, 2.75) is 6.18 Å². The van der Waals surface area contributed by atoms with Crippen molar-refractivity contribution in [1.82, 2.24) is 10.1 Å². The van der Waals surface area contributed by atoms with Crippen LogP contribution < -0.4 is 5.73 Å². The van der Waals surface area contributed by atoms with Crippen LogP contribution in [0, 0.1) is 5.92 Å². The molecule has 19 heavy (non-hydrogen) atoms. The van der Waals surface area contributed by atoms with Crippen LogP contribution in [-0.4, -0.2) is 20.9 Å². The van der Waals surface area contributed by atoms with Crippen molar-refractivity contribution >= 4 is 28.6 Å². The van der Waals surface area contributed by atoms with Gasteiger partial charge in [0.05, 0.1) is 5.92 Å². The van der Waals surface area contributed by atoms with Gasteiger partial charge in [0.15, 0.2) is 0 Å². The zero-order chi connectivity index (χ0) is 14.2. The van der Waals surface area contributed by atoms with E-state index in [0.717, 1.165) is 0 Å². The number of thiocarbonyl (C=S) groups is 1. The molecule has 0 spiro atoms. The highest BCUT2D eigenvalue weighted by Crippen LogP contribution is 2.29. The molecule has 2 N–H and O–H groups in total. The van der Waals surface area contributed by atoms with E-state index in [4.69, 9.17) is 18.0 Å². The van der Waals surface area contributed by atoms with Crippen LogP contribution in [-0.2, 0) is 11.0 Å². The highest BCUT2D eigenvalue weighted by Gasteiger charge is 2.38. The van der Waals surface area contributed by atoms with E-state index in [1.165, 1.54) is 18.2 Å². The lowest BCUT2D eigenvalue weighted by atomic mass is 9.95. The molecule has 0 aromatic carbocycles. The largest absolute Gasteiger partial charge is 0.471 e. The molecule has 0 bridgehead atoms. The molecule has 1 atom stereocenters. The number of hydrogen-bond acceptors (Lipinski definition) is 5. The van der Waals surface area contributed by atoms with Crippen LogP contribution in [0.4, 0.5) is 13.2 Å². The van der Waals surface area contributed by atoms with Gasteiger partial charge in [-0.15, -0.1) is 0 Å². The Morgan fingerprint density at radius 1 is 1.47 bits per heavy atom. The normalized spacial score (nSPS) is 19.4. The lowest BCUT2D eigenvalue weighted by Crippen LogP contribution is -2.28. The molecule has 0 saturated heterocycles. The quantitative estimate of drug-likeness (QED) is 0.835. The van der Waals surface area contributed by atoms with Gasteiger partial charge in [0, 0.05) is 10.4 Å². The number of nitrogens with two attached hydrogens (primary N) is 1. The van der Waals surface area contributed by atoms with Crippen LogP contribution in [0.2, 0.25) is 0 Å². The van der Waals surface area contributed by atoms with E-state index in [-0.39, 0.29) is 16.3 Å².